The van der Waals surface area contributed by atoms with Crippen molar-refractivity contribution < 1.29 is 28.0 Å². The van der Waals surface area contributed by atoms with Crippen LogP contribution in [0.1, 0.15) is 25.5 Å². The minimum Gasteiger partial charge on any atom is -0.339 e. The van der Waals surface area contributed by atoms with Crippen molar-refractivity contribution in [3.63, 3.8) is 0 Å². The van der Waals surface area contributed by atoms with E-state index in [1.165, 1.54) is 43.6 Å². The first kappa shape index (κ1) is 20.4. The minimum absolute atomic E-state index is 0.0910. The fourth-order valence-electron chi connectivity index (χ4n) is 2.27. The van der Waals surface area contributed by atoms with Crippen LogP contribution >= 0.6 is 0 Å². The predicted molar refractivity (Wildman–Crippen MR) is 90.8 cm³/mol. The van der Waals surface area contributed by atoms with E-state index < -0.39 is 40.8 Å². The van der Waals surface area contributed by atoms with E-state index in [1.807, 2.05) is 0 Å². The zero-order valence-corrected chi connectivity index (χ0v) is 14.5. The molecule has 0 aromatic heterocycles. The molecule has 6 nitrogen and oxygen atoms in total. The van der Waals surface area contributed by atoms with Crippen molar-refractivity contribution in [2.24, 2.45) is 5.73 Å². The second-order valence-electron chi connectivity index (χ2n) is 6.48. The first-order valence-electron chi connectivity index (χ1n) is 7.83. The van der Waals surface area contributed by atoms with Crippen molar-refractivity contribution >= 4 is 11.8 Å². The number of hydrogen-bond acceptors (Lipinski definition) is 4. The molecule has 1 unspecified atom stereocenters. The van der Waals surface area contributed by atoms with Gasteiger partial charge in [-0.3, -0.25) is 14.8 Å². The third-order valence-corrected chi connectivity index (χ3v) is 3.79. The Balaban J connectivity index is 2.35. The fraction of sp³-hybridized carbons (Fsp3) is 0.222. The number of hydrogen-bond donors (Lipinski definition) is 4. The van der Waals surface area contributed by atoms with Crippen molar-refractivity contribution in [1.29, 1.82) is 0 Å². The maximum Gasteiger partial charge on any atom is 0.270 e. The zero-order valence-electron chi connectivity index (χ0n) is 14.5. The van der Waals surface area contributed by atoms with Crippen molar-refractivity contribution in [3.8, 4) is 11.1 Å². The maximum atomic E-state index is 13.4. The molecule has 0 aliphatic carbocycles. The lowest BCUT2D eigenvalue weighted by Gasteiger charge is -2.23. The summed E-state index contributed by atoms with van der Waals surface area (Å²) in [7, 11) is 0. The van der Waals surface area contributed by atoms with Gasteiger partial charge in [0, 0.05) is 0 Å². The van der Waals surface area contributed by atoms with Gasteiger partial charge < -0.3 is 11.1 Å². The summed E-state index contributed by atoms with van der Waals surface area (Å²) in [5.41, 5.74) is 6.59. The summed E-state index contributed by atoms with van der Waals surface area (Å²) in [4.78, 5) is 23.9. The van der Waals surface area contributed by atoms with Crippen molar-refractivity contribution in [3.05, 3.63) is 59.4 Å². The average Bonchev–Trinajstić information content (AvgIpc) is 2.62. The van der Waals surface area contributed by atoms with E-state index in [-0.39, 0.29) is 11.1 Å². The Labute approximate surface area is 153 Å². The lowest BCUT2D eigenvalue weighted by atomic mass is 9.99. The van der Waals surface area contributed by atoms with Gasteiger partial charge in [-0.15, -0.1) is 0 Å². The Kier molecular flexibility index (Phi) is 5.87. The fourth-order valence-corrected chi connectivity index (χ4v) is 2.27. The molecule has 0 spiro atoms. The number of halogens is 3. The molecule has 0 fully saturated rings. The summed E-state index contributed by atoms with van der Waals surface area (Å²) in [6, 6.07) is 6.11. The van der Waals surface area contributed by atoms with Crippen LogP contribution in [-0.2, 0) is 9.59 Å². The highest BCUT2D eigenvalue weighted by atomic mass is 19.2. The van der Waals surface area contributed by atoms with E-state index in [2.05, 4.69) is 5.32 Å². The molecule has 1 atom stereocenters. The van der Waals surface area contributed by atoms with E-state index in [4.69, 9.17) is 10.9 Å². The Morgan fingerprint density at radius 3 is 2.00 bits per heavy atom. The average molecular weight is 381 g/mol. The SMILES string of the molecule is CC(C)(N)C(=O)NC(C(=O)NO)c1ccc(-c2cc(F)c(F)c(F)c2)cc1. The number of rotatable bonds is 5. The Morgan fingerprint density at radius 1 is 1.04 bits per heavy atom. The predicted octanol–water partition coefficient (Wildman–Crippen LogP) is 2.17. The molecule has 2 aromatic carbocycles. The number of carbonyl (C=O) groups excluding carboxylic acids is 2. The van der Waals surface area contributed by atoms with Gasteiger partial charge in [-0.1, -0.05) is 24.3 Å². The van der Waals surface area contributed by atoms with Crippen LogP contribution in [0, 0.1) is 17.5 Å². The second kappa shape index (κ2) is 7.77. The molecular weight excluding hydrogens is 363 g/mol. The molecule has 9 heteroatoms. The van der Waals surface area contributed by atoms with Gasteiger partial charge in [-0.25, -0.2) is 18.7 Å². The largest absolute Gasteiger partial charge is 0.339 e. The molecule has 2 rings (SSSR count). The van der Waals surface area contributed by atoms with Gasteiger partial charge in [0.1, 0.15) is 6.04 Å². The third kappa shape index (κ3) is 4.63. The molecule has 0 aliphatic rings. The van der Waals surface area contributed by atoms with E-state index in [9.17, 15) is 22.8 Å². The van der Waals surface area contributed by atoms with Crippen LogP contribution in [0.3, 0.4) is 0 Å². The maximum absolute atomic E-state index is 13.4. The number of carbonyl (C=O) groups is 2. The smallest absolute Gasteiger partial charge is 0.270 e. The summed E-state index contributed by atoms with van der Waals surface area (Å²) in [5, 5.41) is 11.3. The number of nitrogens with two attached hydrogens (primary N) is 1. The highest BCUT2D eigenvalue weighted by molar-refractivity contribution is 5.91. The second-order valence-corrected chi connectivity index (χ2v) is 6.48. The van der Waals surface area contributed by atoms with Crippen LogP contribution in [0.2, 0.25) is 0 Å². The Bertz CT molecular complexity index is 841. The van der Waals surface area contributed by atoms with Gasteiger partial charge in [0.05, 0.1) is 5.54 Å². The lowest BCUT2D eigenvalue weighted by molar-refractivity contribution is -0.136. The molecular formula is C18H18F3N3O3. The van der Waals surface area contributed by atoms with E-state index in [1.54, 1.807) is 0 Å². The van der Waals surface area contributed by atoms with Crippen LogP contribution in [0.25, 0.3) is 11.1 Å². The normalized spacial score (nSPS) is 12.4. The van der Waals surface area contributed by atoms with Crippen LogP contribution in [0.15, 0.2) is 36.4 Å². The quantitative estimate of drug-likeness (QED) is 0.362. The highest BCUT2D eigenvalue weighted by Gasteiger charge is 2.29. The standard InChI is InChI=1S/C18H18F3N3O3/c1-18(2,22)17(26)23-15(16(25)24-27)10-5-3-9(4-6-10)11-7-12(19)14(21)13(20)8-11/h3-8,15,27H,22H2,1-2H3,(H,23,26)(H,24,25). The van der Waals surface area contributed by atoms with Gasteiger partial charge in [0.25, 0.3) is 5.91 Å². The van der Waals surface area contributed by atoms with E-state index in [0.29, 0.717) is 5.56 Å². The van der Waals surface area contributed by atoms with Gasteiger partial charge >= 0.3 is 0 Å². The van der Waals surface area contributed by atoms with Gasteiger partial charge in [0.15, 0.2) is 17.5 Å². The molecule has 0 radical (unpaired) electrons. The molecule has 0 bridgehead atoms. The molecule has 144 valence electrons. The minimum atomic E-state index is -1.57. The van der Waals surface area contributed by atoms with Crippen LogP contribution < -0.4 is 16.5 Å². The lowest BCUT2D eigenvalue weighted by Crippen LogP contribution is -2.52. The first-order valence-corrected chi connectivity index (χ1v) is 7.83. The molecule has 5 N–H and O–H groups in total. The topological polar surface area (TPSA) is 104 Å². The molecule has 0 saturated carbocycles. The number of benzene rings is 2. The Hall–Kier alpha value is -2.91. The summed E-state index contributed by atoms with van der Waals surface area (Å²) in [6.07, 6.45) is 0. The van der Waals surface area contributed by atoms with Crippen LogP contribution in [0.4, 0.5) is 13.2 Å². The summed E-state index contributed by atoms with van der Waals surface area (Å²) in [6.45, 7) is 2.88. The monoisotopic (exact) mass is 381 g/mol. The summed E-state index contributed by atoms with van der Waals surface area (Å²) >= 11 is 0. The molecule has 27 heavy (non-hydrogen) atoms. The van der Waals surface area contributed by atoms with Crippen LogP contribution in [0.5, 0.6) is 0 Å². The number of hydroxylamine groups is 1. The molecule has 0 aliphatic heterocycles. The van der Waals surface area contributed by atoms with Gasteiger partial charge in [-0.05, 0) is 42.7 Å². The molecule has 2 amide bonds. The third-order valence-electron chi connectivity index (χ3n) is 3.79. The zero-order chi connectivity index (χ0) is 20.4. The van der Waals surface area contributed by atoms with Crippen molar-refractivity contribution in [2.75, 3.05) is 0 Å². The van der Waals surface area contributed by atoms with E-state index >= 15 is 0 Å². The Morgan fingerprint density at radius 2 is 1.56 bits per heavy atom. The van der Waals surface area contributed by atoms with Gasteiger partial charge in [0.2, 0.25) is 5.91 Å². The van der Waals surface area contributed by atoms with Gasteiger partial charge in [-0.2, -0.15) is 0 Å². The number of nitrogens with one attached hydrogen (secondary N) is 2. The number of amides is 2. The highest BCUT2D eigenvalue weighted by Crippen LogP contribution is 2.25. The summed E-state index contributed by atoms with van der Waals surface area (Å²) in [5.74, 6) is -5.77. The molecule has 0 heterocycles. The molecule has 0 saturated heterocycles. The van der Waals surface area contributed by atoms with Crippen molar-refractivity contribution in [2.45, 2.75) is 25.4 Å². The molecule has 2 aromatic rings. The first-order chi connectivity index (χ1) is 12.5. The van der Waals surface area contributed by atoms with E-state index in [0.717, 1.165) is 12.1 Å². The summed E-state index contributed by atoms with van der Waals surface area (Å²) < 4.78 is 39.8. The van der Waals surface area contributed by atoms with Crippen molar-refractivity contribution in [1.82, 2.24) is 10.8 Å². The van der Waals surface area contributed by atoms with Crippen LogP contribution in [-0.4, -0.2) is 22.6 Å².